The van der Waals surface area contributed by atoms with Gasteiger partial charge in [0.1, 0.15) is 0 Å². The summed E-state index contributed by atoms with van der Waals surface area (Å²) >= 11 is 1.57. The smallest absolute Gasteiger partial charge is 0.308 e. The zero-order chi connectivity index (χ0) is 14.3. The van der Waals surface area contributed by atoms with E-state index in [1.165, 1.54) is 0 Å². The normalized spacial score (nSPS) is 11.2. The SMILES string of the molecule is CCCc1nc(CCN(CC)CC)sc1CC(=O)O. The molecule has 1 aromatic heterocycles. The Morgan fingerprint density at radius 3 is 2.47 bits per heavy atom. The zero-order valence-electron chi connectivity index (χ0n) is 12.1. The number of aliphatic carboxylic acids is 1. The van der Waals surface area contributed by atoms with Gasteiger partial charge in [0.15, 0.2) is 0 Å². The summed E-state index contributed by atoms with van der Waals surface area (Å²) in [6.45, 7) is 9.50. The molecule has 0 unspecified atom stereocenters. The minimum Gasteiger partial charge on any atom is -0.481 e. The molecule has 0 fully saturated rings. The van der Waals surface area contributed by atoms with Gasteiger partial charge in [-0.15, -0.1) is 11.3 Å². The second kappa shape index (κ2) is 8.27. The molecule has 19 heavy (non-hydrogen) atoms. The van der Waals surface area contributed by atoms with Gasteiger partial charge in [0.2, 0.25) is 0 Å². The van der Waals surface area contributed by atoms with Crippen molar-refractivity contribution in [3.8, 4) is 0 Å². The molecule has 0 saturated heterocycles. The predicted octanol–water partition coefficient (Wildman–Crippen LogP) is 2.61. The highest BCUT2D eigenvalue weighted by Gasteiger charge is 2.13. The van der Waals surface area contributed by atoms with E-state index >= 15 is 0 Å². The van der Waals surface area contributed by atoms with Crippen molar-refractivity contribution >= 4 is 17.3 Å². The van der Waals surface area contributed by atoms with Crippen molar-refractivity contribution in [1.29, 1.82) is 0 Å². The van der Waals surface area contributed by atoms with Crippen LogP contribution in [-0.4, -0.2) is 40.6 Å². The lowest BCUT2D eigenvalue weighted by Crippen LogP contribution is -2.25. The first-order chi connectivity index (χ1) is 9.10. The molecule has 0 aromatic carbocycles. The molecule has 0 aliphatic carbocycles. The van der Waals surface area contributed by atoms with Crippen LogP contribution in [0.3, 0.4) is 0 Å². The maximum absolute atomic E-state index is 10.9. The first kappa shape index (κ1) is 16.1. The molecule has 1 aromatic rings. The van der Waals surface area contributed by atoms with E-state index in [2.05, 4.69) is 30.7 Å². The summed E-state index contributed by atoms with van der Waals surface area (Å²) in [6.07, 6.45) is 2.91. The van der Waals surface area contributed by atoms with E-state index in [-0.39, 0.29) is 6.42 Å². The van der Waals surface area contributed by atoms with Crippen LogP contribution in [0.1, 0.15) is 42.8 Å². The second-order valence-electron chi connectivity index (χ2n) is 4.57. The lowest BCUT2D eigenvalue weighted by atomic mass is 10.2. The minimum atomic E-state index is -0.767. The average Bonchev–Trinajstić information content (AvgIpc) is 2.73. The number of hydrogen-bond acceptors (Lipinski definition) is 4. The van der Waals surface area contributed by atoms with Crippen LogP contribution in [0.4, 0.5) is 0 Å². The number of carbonyl (C=O) groups is 1. The number of carboxylic acids is 1. The van der Waals surface area contributed by atoms with Crippen molar-refractivity contribution in [3.05, 3.63) is 15.6 Å². The van der Waals surface area contributed by atoms with Crippen LogP contribution in [0.15, 0.2) is 0 Å². The van der Waals surface area contributed by atoms with Crippen molar-refractivity contribution in [3.63, 3.8) is 0 Å². The Morgan fingerprint density at radius 1 is 1.26 bits per heavy atom. The van der Waals surface area contributed by atoms with Crippen LogP contribution in [0.5, 0.6) is 0 Å². The van der Waals surface area contributed by atoms with E-state index in [0.29, 0.717) is 0 Å². The fraction of sp³-hybridized carbons (Fsp3) is 0.714. The molecule has 0 bridgehead atoms. The summed E-state index contributed by atoms with van der Waals surface area (Å²) in [7, 11) is 0. The van der Waals surface area contributed by atoms with Crippen LogP contribution < -0.4 is 0 Å². The van der Waals surface area contributed by atoms with E-state index in [4.69, 9.17) is 5.11 Å². The summed E-state index contributed by atoms with van der Waals surface area (Å²) in [4.78, 5) is 18.8. The van der Waals surface area contributed by atoms with Gasteiger partial charge in [0.05, 0.1) is 17.1 Å². The minimum absolute atomic E-state index is 0.109. The number of likely N-dealkylation sites (N-methyl/N-ethyl adjacent to an activating group) is 1. The molecule has 1 N–H and O–H groups in total. The summed E-state index contributed by atoms with van der Waals surface area (Å²) in [6, 6.07) is 0. The van der Waals surface area contributed by atoms with Crippen molar-refractivity contribution in [2.24, 2.45) is 0 Å². The van der Waals surface area contributed by atoms with Crippen LogP contribution in [0, 0.1) is 0 Å². The molecule has 1 rings (SSSR count). The molecular formula is C14H24N2O2S. The molecule has 0 radical (unpaired) electrons. The Labute approximate surface area is 119 Å². The Morgan fingerprint density at radius 2 is 1.95 bits per heavy atom. The maximum atomic E-state index is 10.9. The molecule has 0 amide bonds. The number of nitrogens with zero attached hydrogens (tertiary/aromatic N) is 2. The van der Waals surface area contributed by atoms with E-state index < -0.39 is 5.97 Å². The van der Waals surface area contributed by atoms with Crippen LogP contribution in [0.2, 0.25) is 0 Å². The number of rotatable bonds is 9. The van der Waals surface area contributed by atoms with Gasteiger partial charge in [-0.3, -0.25) is 4.79 Å². The van der Waals surface area contributed by atoms with Crippen molar-refractivity contribution < 1.29 is 9.90 Å². The van der Waals surface area contributed by atoms with Gasteiger partial charge in [-0.25, -0.2) is 4.98 Å². The molecular weight excluding hydrogens is 260 g/mol. The summed E-state index contributed by atoms with van der Waals surface area (Å²) in [5.41, 5.74) is 0.990. The first-order valence-corrected chi connectivity index (χ1v) is 7.83. The molecule has 4 nitrogen and oxygen atoms in total. The van der Waals surface area contributed by atoms with Gasteiger partial charge in [0.25, 0.3) is 0 Å². The third-order valence-electron chi connectivity index (χ3n) is 3.16. The van der Waals surface area contributed by atoms with Gasteiger partial charge >= 0.3 is 5.97 Å². The summed E-state index contributed by atoms with van der Waals surface area (Å²) in [5, 5.41) is 10.0. The van der Waals surface area contributed by atoms with Crippen LogP contribution in [0.25, 0.3) is 0 Å². The highest BCUT2D eigenvalue weighted by molar-refractivity contribution is 7.11. The van der Waals surface area contributed by atoms with Gasteiger partial charge in [-0.1, -0.05) is 27.2 Å². The molecule has 1 heterocycles. The van der Waals surface area contributed by atoms with Crippen molar-refractivity contribution in [1.82, 2.24) is 9.88 Å². The molecule has 0 spiro atoms. The number of thiazole rings is 1. The third kappa shape index (κ3) is 5.28. The number of aromatic nitrogens is 1. The Hall–Kier alpha value is -0.940. The molecule has 0 saturated carbocycles. The van der Waals surface area contributed by atoms with E-state index in [9.17, 15) is 4.79 Å². The van der Waals surface area contributed by atoms with Crippen LogP contribution >= 0.6 is 11.3 Å². The number of hydrogen-bond donors (Lipinski definition) is 1. The van der Waals surface area contributed by atoms with Gasteiger partial charge in [0, 0.05) is 17.8 Å². The Bertz CT molecular complexity index is 400. The monoisotopic (exact) mass is 284 g/mol. The average molecular weight is 284 g/mol. The third-order valence-corrected chi connectivity index (χ3v) is 4.31. The Balaban J connectivity index is 2.70. The second-order valence-corrected chi connectivity index (χ2v) is 5.74. The summed E-state index contributed by atoms with van der Waals surface area (Å²) in [5.74, 6) is -0.767. The number of carboxylic acid groups (broad SMARTS) is 1. The molecule has 0 aliphatic heterocycles. The fourth-order valence-electron chi connectivity index (χ4n) is 2.04. The van der Waals surface area contributed by atoms with Gasteiger partial charge < -0.3 is 10.0 Å². The zero-order valence-corrected chi connectivity index (χ0v) is 12.9. The number of aryl methyl sites for hydroxylation is 1. The van der Waals surface area contributed by atoms with E-state index in [1.807, 2.05) is 0 Å². The molecule has 0 atom stereocenters. The van der Waals surface area contributed by atoms with Gasteiger partial charge in [-0.05, 0) is 19.5 Å². The molecule has 108 valence electrons. The summed E-state index contributed by atoms with van der Waals surface area (Å²) < 4.78 is 0. The quantitative estimate of drug-likeness (QED) is 0.757. The van der Waals surface area contributed by atoms with Crippen molar-refractivity contribution in [2.45, 2.75) is 46.5 Å². The highest BCUT2D eigenvalue weighted by atomic mass is 32.1. The topological polar surface area (TPSA) is 53.4 Å². The first-order valence-electron chi connectivity index (χ1n) is 7.02. The fourth-order valence-corrected chi connectivity index (χ4v) is 3.14. The predicted molar refractivity (Wildman–Crippen MR) is 78.9 cm³/mol. The lowest BCUT2D eigenvalue weighted by Gasteiger charge is -2.16. The van der Waals surface area contributed by atoms with E-state index in [1.54, 1.807) is 11.3 Å². The maximum Gasteiger partial charge on any atom is 0.308 e. The van der Waals surface area contributed by atoms with E-state index in [0.717, 1.165) is 54.5 Å². The molecule has 0 aliphatic rings. The van der Waals surface area contributed by atoms with Gasteiger partial charge in [-0.2, -0.15) is 0 Å². The van der Waals surface area contributed by atoms with Crippen LogP contribution in [-0.2, 0) is 24.1 Å². The Kier molecular flexibility index (Phi) is 7.02. The van der Waals surface area contributed by atoms with Crippen molar-refractivity contribution in [2.75, 3.05) is 19.6 Å². The molecule has 5 heteroatoms. The largest absolute Gasteiger partial charge is 0.481 e. The lowest BCUT2D eigenvalue weighted by molar-refractivity contribution is -0.136. The highest BCUT2D eigenvalue weighted by Crippen LogP contribution is 2.21. The standard InChI is InChI=1S/C14H24N2O2S/c1-4-7-11-12(10-14(17)18)19-13(15-11)8-9-16(5-2)6-3/h4-10H2,1-3H3,(H,17,18).